The maximum absolute atomic E-state index is 13.1. The molecule has 31 heavy (non-hydrogen) atoms. The van der Waals surface area contributed by atoms with Crippen molar-refractivity contribution in [2.45, 2.75) is 6.42 Å². The van der Waals surface area contributed by atoms with E-state index in [9.17, 15) is 19.8 Å². The van der Waals surface area contributed by atoms with Gasteiger partial charge in [0.05, 0.1) is 39.8 Å². The highest BCUT2D eigenvalue weighted by atomic mass is 16.7. The van der Waals surface area contributed by atoms with Crippen molar-refractivity contribution in [1.82, 2.24) is 0 Å². The van der Waals surface area contributed by atoms with Gasteiger partial charge >= 0.3 is 5.97 Å². The molecule has 9 heteroatoms. The van der Waals surface area contributed by atoms with Gasteiger partial charge < -0.3 is 33.9 Å². The number of methoxy groups -OCH3 is 3. The van der Waals surface area contributed by atoms with Gasteiger partial charge in [0.25, 0.3) is 0 Å². The number of carboxylic acid groups (broad SMARTS) is 1. The summed E-state index contributed by atoms with van der Waals surface area (Å²) in [6.07, 6.45) is -0.0342. The van der Waals surface area contributed by atoms with Crippen LogP contribution in [0.3, 0.4) is 0 Å². The zero-order valence-electron chi connectivity index (χ0n) is 17.4. The van der Waals surface area contributed by atoms with Crippen molar-refractivity contribution >= 4 is 11.8 Å². The Morgan fingerprint density at radius 1 is 0.968 bits per heavy atom. The Labute approximate surface area is 179 Å². The van der Waals surface area contributed by atoms with E-state index in [1.165, 1.54) is 33.5 Å². The third-order valence-corrected chi connectivity index (χ3v) is 5.17. The molecule has 9 nitrogen and oxygen atoms in total. The number of rotatable bonds is 10. The smallest absolute Gasteiger partial charge is 0.307 e. The molecular formula is C22H24O9. The Morgan fingerprint density at radius 3 is 2.16 bits per heavy atom. The fourth-order valence-electron chi connectivity index (χ4n) is 3.57. The van der Waals surface area contributed by atoms with E-state index in [1.807, 2.05) is 0 Å². The standard InChI is InChI=1S/C22H24O9/c1-27-18-7-12(8-19(28-2)21(18)29-3)6-14(22(25)26)15(10-23)20(24)13-4-5-16-17(9-13)31-11-30-16/h4-5,7-9,14-15,23H,6,10-11H2,1-3H3,(H,25,26). The van der Waals surface area contributed by atoms with E-state index < -0.39 is 30.2 Å². The van der Waals surface area contributed by atoms with Crippen LogP contribution in [0.5, 0.6) is 28.7 Å². The average Bonchev–Trinajstić information content (AvgIpc) is 3.25. The average molecular weight is 432 g/mol. The number of carbonyl (C=O) groups excluding carboxylic acids is 1. The second kappa shape index (κ2) is 9.57. The molecule has 2 aromatic rings. The molecule has 0 amide bonds. The highest BCUT2D eigenvalue weighted by Crippen LogP contribution is 2.39. The lowest BCUT2D eigenvalue weighted by molar-refractivity contribution is -0.143. The first-order valence-electron chi connectivity index (χ1n) is 9.49. The van der Waals surface area contributed by atoms with Crippen LogP contribution >= 0.6 is 0 Å². The van der Waals surface area contributed by atoms with Crippen molar-refractivity contribution < 1.29 is 43.5 Å². The molecule has 0 saturated carbocycles. The lowest BCUT2D eigenvalue weighted by Gasteiger charge is -2.22. The van der Waals surface area contributed by atoms with Crippen molar-refractivity contribution in [1.29, 1.82) is 0 Å². The monoisotopic (exact) mass is 432 g/mol. The normalized spacial score (nSPS) is 13.9. The van der Waals surface area contributed by atoms with Gasteiger partial charge in [-0.15, -0.1) is 0 Å². The number of ketones is 1. The maximum atomic E-state index is 13.1. The Bertz CT molecular complexity index is 944. The molecule has 1 aliphatic rings. The van der Waals surface area contributed by atoms with Crippen LogP contribution in [0, 0.1) is 11.8 Å². The fraction of sp³-hybridized carbons (Fsp3) is 0.364. The molecule has 0 radical (unpaired) electrons. The first-order valence-corrected chi connectivity index (χ1v) is 9.49. The molecule has 0 fully saturated rings. The van der Waals surface area contributed by atoms with Crippen molar-refractivity contribution in [3.8, 4) is 28.7 Å². The molecule has 1 aliphatic heterocycles. The lowest BCUT2D eigenvalue weighted by atomic mass is 9.82. The summed E-state index contributed by atoms with van der Waals surface area (Å²) < 4.78 is 26.4. The topological polar surface area (TPSA) is 121 Å². The molecular weight excluding hydrogens is 408 g/mol. The van der Waals surface area contributed by atoms with E-state index in [0.29, 0.717) is 34.3 Å². The van der Waals surface area contributed by atoms with E-state index in [2.05, 4.69) is 0 Å². The van der Waals surface area contributed by atoms with Gasteiger partial charge in [-0.05, 0) is 42.3 Å². The number of aliphatic hydroxyl groups is 1. The molecule has 2 N–H and O–H groups in total. The summed E-state index contributed by atoms with van der Waals surface area (Å²) in [4.78, 5) is 25.1. The highest BCUT2D eigenvalue weighted by molar-refractivity contribution is 6.00. The van der Waals surface area contributed by atoms with Crippen LogP contribution in [-0.4, -0.2) is 56.7 Å². The van der Waals surface area contributed by atoms with Crippen LogP contribution in [0.2, 0.25) is 0 Å². The summed E-state index contributed by atoms with van der Waals surface area (Å²) in [6.45, 7) is -0.579. The number of aliphatic carboxylic acids is 1. The van der Waals surface area contributed by atoms with Crippen molar-refractivity contribution in [3.63, 3.8) is 0 Å². The third kappa shape index (κ3) is 4.51. The van der Waals surface area contributed by atoms with Gasteiger partial charge in [-0.2, -0.15) is 0 Å². The minimum atomic E-state index is -1.21. The van der Waals surface area contributed by atoms with Gasteiger partial charge in [-0.25, -0.2) is 0 Å². The summed E-state index contributed by atoms with van der Waals surface area (Å²) in [6, 6.07) is 7.84. The van der Waals surface area contributed by atoms with E-state index in [1.54, 1.807) is 18.2 Å². The zero-order valence-corrected chi connectivity index (χ0v) is 17.4. The third-order valence-electron chi connectivity index (χ3n) is 5.17. The lowest BCUT2D eigenvalue weighted by Crippen LogP contribution is -2.34. The molecule has 0 spiro atoms. The van der Waals surface area contributed by atoms with E-state index in [4.69, 9.17) is 23.7 Å². The second-order valence-corrected chi connectivity index (χ2v) is 6.90. The molecule has 3 rings (SSSR count). The summed E-state index contributed by atoms with van der Waals surface area (Å²) in [5, 5.41) is 19.8. The Kier molecular flexibility index (Phi) is 6.86. The first kappa shape index (κ1) is 22.2. The number of hydrogen-bond acceptors (Lipinski definition) is 8. The number of Topliss-reactive ketones (excluding diaryl/α,β-unsaturated/α-hetero) is 1. The molecule has 2 aromatic carbocycles. The SMILES string of the molecule is COc1cc(CC(C(=O)O)C(CO)C(=O)c2ccc3c(c2)OCO3)cc(OC)c1OC. The molecule has 0 aliphatic carbocycles. The number of carbonyl (C=O) groups is 2. The van der Waals surface area contributed by atoms with Gasteiger partial charge in [0, 0.05) is 5.56 Å². The van der Waals surface area contributed by atoms with Gasteiger partial charge in [0.15, 0.2) is 28.8 Å². The molecule has 0 bridgehead atoms. The minimum absolute atomic E-state index is 0.0342. The number of ether oxygens (including phenoxy) is 5. The number of carboxylic acids is 1. The van der Waals surface area contributed by atoms with Crippen LogP contribution in [0.25, 0.3) is 0 Å². The number of aliphatic hydroxyl groups excluding tert-OH is 1. The van der Waals surface area contributed by atoms with Crippen LogP contribution in [-0.2, 0) is 11.2 Å². The Balaban J connectivity index is 1.91. The van der Waals surface area contributed by atoms with Crippen molar-refractivity contribution in [3.05, 3.63) is 41.5 Å². The predicted octanol–water partition coefficient (Wildman–Crippen LogP) is 2.18. The highest BCUT2D eigenvalue weighted by Gasteiger charge is 2.35. The summed E-state index contributed by atoms with van der Waals surface area (Å²) in [7, 11) is 4.37. The molecule has 2 atom stereocenters. The Hall–Kier alpha value is -3.46. The van der Waals surface area contributed by atoms with Crippen LogP contribution < -0.4 is 23.7 Å². The van der Waals surface area contributed by atoms with Gasteiger partial charge in [-0.3, -0.25) is 9.59 Å². The number of hydrogen-bond donors (Lipinski definition) is 2. The van der Waals surface area contributed by atoms with Crippen LogP contribution in [0.4, 0.5) is 0 Å². The molecule has 166 valence electrons. The first-order chi connectivity index (χ1) is 14.9. The molecule has 1 heterocycles. The fourth-order valence-corrected chi connectivity index (χ4v) is 3.57. The van der Waals surface area contributed by atoms with E-state index >= 15 is 0 Å². The van der Waals surface area contributed by atoms with Gasteiger partial charge in [0.2, 0.25) is 12.5 Å². The summed E-state index contributed by atoms with van der Waals surface area (Å²) >= 11 is 0. The minimum Gasteiger partial charge on any atom is -0.493 e. The van der Waals surface area contributed by atoms with Crippen molar-refractivity contribution in [2.75, 3.05) is 34.7 Å². The van der Waals surface area contributed by atoms with E-state index in [0.717, 1.165) is 0 Å². The summed E-state index contributed by atoms with van der Waals surface area (Å²) in [5.74, 6) is -2.06. The zero-order chi connectivity index (χ0) is 22.5. The second-order valence-electron chi connectivity index (χ2n) is 6.90. The maximum Gasteiger partial charge on any atom is 0.307 e. The number of fused-ring (bicyclic) bond motifs is 1. The van der Waals surface area contributed by atoms with Crippen molar-refractivity contribution in [2.24, 2.45) is 11.8 Å². The number of benzene rings is 2. The Morgan fingerprint density at radius 2 is 1.61 bits per heavy atom. The van der Waals surface area contributed by atoms with Gasteiger partial charge in [-0.1, -0.05) is 0 Å². The quantitative estimate of drug-likeness (QED) is 0.544. The molecule has 0 aromatic heterocycles. The molecule has 2 unspecified atom stereocenters. The van der Waals surface area contributed by atoms with E-state index in [-0.39, 0.29) is 18.8 Å². The largest absolute Gasteiger partial charge is 0.493 e. The molecule has 0 saturated heterocycles. The van der Waals surface area contributed by atoms with Crippen LogP contribution in [0.15, 0.2) is 30.3 Å². The van der Waals surface area contributed by atoms with Gasteiger partial charge in [0.1, 0.15) is 0 Å². The van der Waals surface area contributed by atoms with Crippen LogP contribution in [0.1, 0.15) is 15.9 Å². The predicted molar refractivity (Wildman–Crippen MR) is 108 cm³/mol. The summed E-state index contributed by atoms with van der Waals surface area (Å²) in [5.41, 5.74) is 0.790.